The Morgan fingerprint density at radius 2 is 0.836 bits per heavy atom. The predicted molar refractivity (Wildman–Crippen MR) is 229 cm³/mol. The molecule has 3 heteroatoms. The maximum Gasteiger partial charge on any atom is 0.137 e. The van der Waals surface area contributed by atoms with Crippen molar-refractivity contribution in [3.8, 4) is 33.4 Å². The maximum atomic E-state index is 6.39. The van der Waals surface area contributed by atoms with E-state index in [0.717, 1.165) is 77.6 Å². The van der Waals surface area contributed by atoms with E-state index in [2.05, 4.69) is 181 Å². The first-order valence-corrected chi connectivity index (χ1v) is 18.7. The lowest BCUT2D eigenvalue weighted by Gasteiger charge is -2.26. The zero-order valence-electron chi connectivity index (χ0n) is 29.8. The Balaban J connectivity index is 1.01. The fourth-order valence-corrected chi connectivity index (χ4v) is 8.25. The van der Waals surface area contributed by atoms with E-state index in [9.17, 15) is 0 Å². The molecule has 9 aromatic carbocycles. The van der Waals surface area contributed by atoms with Crippen LogP contribution in [0.4, 0.5) is 17.1 Å². The molecule has 0 atom stereocenters. The van der Waals surface area contributed by atoms with Gasteiger partial charge in [-0.05, 0) is 98.8 Å². The molecule has 2 aromatic heterocycles. The van der Waals surface area contributed by atoms with E-state index in [4.69, 9.17) is 8.83 Å². The number of hydrogen-bond donors (Lipinski definition) is 0. The number of furan rings is 2. The van der Waals surface area contributed by atoms with Crippen molar-refractivity contribution in [2.24, 2.45) is 0 Å². The first-order chi connectivity index (χ1) is 27.2. The van der Waals surface area contributed by atoms with Crippen molar-refractivity contribution in [2.75, 3.05) is 4.90 Å². The molecule has 0 spiro atoms. The number of nitrogens with zero attached hydrogens (tertiary/aromatic N) is 1. The Kier molecular flexibility index (Phi) is 7.17. The lowest BCUT2D eigenvalue weighted by atomic mass is 9.96. The van der Waals surface area contributed by atoms with Crippen molar-refractivity contribution in [3.63, 3.8) is 0 Å². The quantitative estimate of drug-likeness (QED) is 0.173. The SMILES string of the molecule is c1cc(-c2cccc3oc4ccccc4c23)cc(N(c2ccc(-c3ccc(-c4cccc5ccccc45)cc3)cc2)c2ccc3c(c2)oc2ccccc23)c1. The summed E-state index contributed by atoms with van der Waals surface area (Å²) in [6.45, 7) is 0. The molecule has 0 N–H and O–H groups in total. The lowest BCUT2D eigenvalue weighted by Crippen LogP contribution is -2.10. The predicted octanol–water partition coefficient (Wildman–Crippen LogP) is 15.1. The third kappa shape index (κ3) is 5.28. The molecule has 0 radical (unpaired) electrons. The largest absolute Gasteiger partial charge is 0.456 e. The van der Waals surface area contributed by atoms with Gasteiger partial charge in [-0.2, -0.15) is 0 Å². The average molecular weight is 704 g/mol. The number of anilines is 3. The van der Waals surface area contributed by atoms with E-state index in [1.54, 1.807) is 0 Å². The van der Waals surface area contributed by atoms with Crippen molar-refractivity contribution >= 4 is 71.7 Å². The molecule has 0 aliphatic carbocycles. The first-order valence-electron chi connectivity index (χ1n) is 18.7. The summed E-state index contributed by atoms with van der Waals surface area (Å²) in [4.78, 5) is 2.32. The molecule has 0 amide bonds. The molecule has 0 bridgehead atoms. The average Bonchev–Trinajstić information content (AvgIpc) is 3.82. The number of rotatable bonds is 6. The van der Waals surface area contributed by atoms with Gasteiger partial charge in [-0.15, -0.1) is 0 Å². The smallest absolute Gasteiger partial charge is 0.137 e. The molecule has 55 heavy (non-hydrogen) atoms. The number of benzene rings is 9. The second kappa shape index (κ2) is 12.6. The van der Waals surface area contributed by atoms with Crippen LogP contribution in [-0.4, -0.2) is 0 Å². The normalized spacial score (nSPS) is 11.6. The first kappa shape index (κ1) is 31.2. The molecule has 0 saturated carbocycles. The molecular formula is C52H33NO2. The molecular weight excluding hydrogens is 671 g/mol. The van der Waals surface area contributed by atoms with Crippen LogP contribution in [-0.2, 0) is 0 Å². The maximum absolute atomic E-state index is 6.39. The fraction of sp³-hybridized carbons (Fsp3) is 0. The molecule has 0 aliphatic heterocycles. The molecule has 0 fully saturated rings. The summed E-state index contributed by atoms with van der Waals surface area (Å²) < 4.78 is 12.7. The van der Waals surface area contributed by atoms with Gasteiger partial charge in [0.1, 0.15) is 22.3 Å². The van der Waals surface area contributed by atoms with Gasteiger partial charge in [0.2, 0.25) is 0 Å². The van der Waals surface area contributed by atoms with Crippen molar-refractivity contribution in [3.05, 3.63) is 200 Å². The highest BCUT2D eigenvalue weighted by molar-refractivity contribution is 6.12. The molecule has 11 aromatic rings. The zero-order chi connectivity index (χ0) is 36.3. The van der Waals surface area contributed by atoms with Crippen LogP contribution in [0.15, 0.2) is 209 Å². The second-order valence-electron chi connectivity index (χ2n) is 14.1. The molecule has 0 saturated heterocycles. The van der Waals surface area contributed by atoms with Gasteiger partial charge in [-0.1, -0.05) is 140 Å². The van der Waals surface area contributed by atoms with Crippen molar-refractivity contribution in [1.82, 2.24) is 0 Å². The standard InChI is InChI=1S/C52H33NO2/c1-2-14-42-36(10-1)11-8-17-43(42)37-24-22-34(23-25-37)35-26-28-39(29-27-35)53(41-30-31-46-45-15-3-5-19-48(45)55-51(46)33-41)40-13-7-12-38(32-40)44-18-9-21-50-52(44)47-16-4-6-20-49(47)54-50/h1-33H. The van der Waals surface area contributed by atoms with Gasteiger partial charge in [0.05, 0.1) is 0 Å². The van der Waals surface area contributed by atoms with Gasteiger partial charge >= 0.3 is 0 Å². The summed E-state index contributed by atoms with van der Waals surface area (Å²) >= 11 is 0. The summed E-state index contributed by atoms with van der Waals surface area (Å²) in [6.07, 6.45) is 0. The van der Waals surface area contributed by atoms with Crippen LogP contribution in [0.1, 0.15) is 0 Å². The Bertz CT molecular complexity index is 3200. The van der Waals surface area contributed by atoms with Crippen molar-refractivity contribution in [2.45, 2.75) is 0 Å². The molecule has 0 unspecified atom stereocenters. The highest BCUT2D eigenvalue weighted by Crippen LogP contribution is 2.42. The lowest BCUT2D eigenvalue weighted by molar-refractivity contribution is 0.668. The van der Waals surface area contributed by atoms with Crippen LogP contribution in [0.5, 0.6) is 0 Å². The summed E-state index contributed by atoms with van der Waals surface area (Å²) in [5.74, 6) is 0. The topological polar surface area (TPSA) is 29.5 Å². The summed E-state index contributed by atoms with van der Waals surface area (Å²) in [7, 11) is 0. The van der Waals surface area contributed by atoms with Crippen LogP contribution in [0.3, 0.4) is 0 Å². The Morgan fingerprint density at radius 3 is 1.67 bits per heavy atom. The van der Waals surface area contributed by atoms with Crippen molar-refractivity contribution < 1.29 is 8.83 Å². The summed E-state index contributed by atoms with van der Waals surface area (Å²) in [5.41, 5.74) is 13.7. The van der Waals surface area contributed by atoms with Gasteiger partial charge in [-0.3, -0.25) is 0 Å². The summed E-state index contributed by atoms with van der Waals surface area (Å²) in [6, 6.07) is 71.0. The van der Waals surface area contributed by atoms with Gasteiger partial charge in [0.25, 0.3) is 0 Å². The van der Waals surface area contributed by atoms with E-state index >= 15 is 0 Å². The highest BCUT2D eigenvalue weighted by atomic mass is 16.3. The number of fused-ring (bicyclic) bond motifs is 7. The van der Waals surface area contributed by atoms with E-state index < -0.39 is 0 Å². The molecule has 258 valence electrons. The third-order valence-corrected chi connectivity index (χ3v) is 10.9. The summed E-state index contributed by atoms with van der Waals surface area (Å²) in [5, 5.41) is 6.98. The Hall–Kier alpha value is -7.36. The van der Waals surface area contributed by atoms with E-state index in [1.165, 1.54) is 27.5 Å². The van der Waals surface area contributed by atoms with Gasteiger partial charge < -0.3 is 13.7 Å². The molecule has 11 rings (SSSR count). The molecule has 2 heterocycles. The van der Waals surface area contributed by atoms with Crippen LogP contribution in [0.25, 0.3) is 88.0 Å². The molecule has 3 nitrogen and oxygen atoms in total. The van der Waals surface area contributed by atoms with Crippen LogP contribution in [0, 0.1) is 0 Å². The molecule has 0 aliphatic rings. The highest BCUT2D eigenvalue weighted by Gasteiger charge is 2.18. The number of para-hydroxylation sites is 2. The fourth-order valence-electron chi connectivity index (χ4n) is 8.25. The van der Waals surface area contributed by atoms with E-state index in [0.29, 0.717) is 0 Å². The zero-order valence-corrected chi connectivity index (χ0v) is 29.8. The van der Waals surface area contributed by atoms with E-state index in [1.807, 2.05) is 24.3 Å². The van der Waals surface area contributed by atoms with Crippen LogP contribution >= 0.6 is 0 Å². The minimum atomic E-state index is 0.859. The van der Waals surface area contributed by atoms with Crippen LogP contribution < -0.4 is 4.90 Å². The minimum absolute atomic E-state index is 0.859. The Morgan fingerprint density at radius 1 is 0.291 bits per heavy atom. The van der Waals surface area contributed by atoms with Crippen molar-refractivity contribution in [1.29, 1.82) is 0 Å². The van der Waals surface area contributed by atoms with Crippen LogP contribution in [0.2, 0.25) is 0 Å². The van der Waals surface area contributed by atoms with Gasteiger partial charge in [-0.25, -0.2) is 0 Å². The minimum Gasteiger partial charge on any atom is -0.456 e. The number of hydrogen-bond acceptors (Lipinski definition) is 3. The van der Waals surface area contributed by atoms with Gasteiger partial charge in [0, 0.05) is 44.7 Å². The monoisotopic (exact) mass is 703 g/mol. The second-order valence-corrected chi connectivity index (χ2v) is 14.1. The van der Waals surface area contributed by atoms with E-state index in [-0.39, 0.29) is 0 Å². The third-order valence-electron chi connectivity index (χ3n) is 10.9. The van der Waals surface area contributed by atoms with Gasteiger partial charge in [0.15, 0.2) is 0 Å². The Labute approximate surface area is 317 Å².